The fourth-order valence-electron chi connectivity index (χ4n) is 2.49. The molecule has 21 heavy (non-hydrogen) atoms. The lowest BCUT2D eigenvalue weighted by atomic mass is 9.99. The number of carboxylic acid groups (broad SMARTS) is 1. The minimum Gasteiger partial charge on any atom is -0.497 e. The Bertz CT molecular complexity index is 567. The molecule has 1 aromatic rings. The van der Waals surface area contributed by atoms with Crippen LogP contribution in [-0.2, 0) is 9.59 Å². The third kappa shape index (κ3) is 3.62. The van der Waals surface area contributed by atoms with Gasteiger partial charge in [-0.2, -0.15) is 0 Å². The highest BCUT2D eigenvalue weighted by atomic mass is 16.5. The summed E-state index contributed by atoms with van der Waals surface area (Å²) in [5, 5.41) is 9.08. The molecule has 0 aromatic heterocycles. The lowest BCUT2D eigenvalue weighted by molar-refractivity contribution is -0.142. The third-order valence-corrected chi connectivity index (χ3v) is 3.75. The van der Waals surface area contributed by atoms with Gasteiger partial charge in [-0.25, -0.2) is 0 Å². The average molecular weight is 289 g/mol. The Morgan fingerprint density at radius 3 is 2.76 bits per heavy atom. The number of nitrogens with zero attached hydrogens (tertiary/aromatic N) is 1. The van der Waals surface area contributed by atoms with Crippen LogP contribution in [0.5, 0.6) is 5.75 Å². The molecule has 1 N–H and O–H groups in total. The van der Waals surface area contributed by atoms with E-state index < -0.39 is 11.9 Å². The first-order valence-electron chi connectivity index (χ1n) is 6.85. The minimum atomic E-state index is -0.838. The molecule has 1 aromatic carbocycles. The monoisotopic (exact) mass is 289 g/mol. The molecule has 5 heteroatoms. The van der Waals surface area contributed by atoms with E-state index in [2.05, 4.69) is 0 Å². The maximum absolute atomic E-state index is 12.1. The number of benzene rings is 1. The number of hydrogen-bond acceptors (Lipinski definition) is 3. The van der Waals surface area contributed by atoms with Gasteiger partial charge >= 0.3 is 5.97 Å². The maximum atomic E-state index is 12.1. The molecule has 0 aliphatic carbocycles. The summed E-state index contributed by atoms with van der Waals surface area (Å²) in [5.41, 5.74) is 0.865. The molecular formula is C16H19NO4. The van der Waals surface area contributed by atoms with Crippen molar-refractivity contribution >= 4 is 18.0 Å². The van der Waals surface area contributed by atoms with E-state index in [1.807, 2.05) is 31.2 Å². The highest BCUT2D eigenvalue weighted by Crippen LogP contribution is 2.23. The molecular weight excluding hydrogens is 270 g/mol. The first-order valence-corrected chi connectivity index (χ1v) is 6.85. The predicted molar refractivity (Wildman–Crippen MR) is 78.9 cm³/mol. The van der Waals surface area contributed by atoms with Crippen LogP contribution in [0.25, 0.3) is 6.08 Å². The van der Waals surface area contributed by atoms with Crippen molar-refractivity contribution in [3.63, 3.8) is 0 Å². The van der Waals surface area contributed by atoms with Gasteiger partial charge in [-0.15, -0.1) is 0 Å². The second kappa shape index (κ2) is 6.43. The standard InChI is InChI=1S/C16H19NO4/c1-11-9-17(10-14(11)16(19)20)15(18)7-6-12-4-3-5-13(8-12)21-2/h3-8,11,14H,9-10H2,1-2H3,(H,19,20)/b7-6+/t11-,14-/m1/s1. The molecule has 1 amide bonds. The molecule has 112 valence electrons. The van der Waals surface area contributed by atoms with Crippen molar-refractivity contribution in [2.24, 2.45) is 11.8 Å². The number of ether oxygens (including phenoxy) is 1. The van der Waals surface area contributed by atoms with Crippen LogP contribution in [0.2, 0.25) is 0 Å². The van der Waals surface area contributed by atoms with Gasteiger partial charge in [0.2, 0.25) is 5.91 Å². The number of hydrogen-bond donors (Lipinski definition) is 1. The first-order chi connectivity index (χ1) is 10.0. The summed E-state index contributed by atoms with van der Waals surface area (Å²) in [6, 6.07) is 7.38. The summed E-state index contributed by atoms with van der Waals surface area (Å²) in [4.78, 5) is 24.7. The molecule has 1 aliphatic heterocycles. The van der Waals surface area contributed by atoms with Crippen LogP contribution >= 0.6 is 0 Å². The van der Waals surface area contributed by atoms with Crippen molar-refractivity contribution < 1.29 is 19.4 Å². The fourth-order valence-corrected chi connectivity index (χ4v) is 2.49. The zero-order chi connectivity index (χ0) is 15.4. The number of methoxy groups -OCH3 is 1. The van der Waals surface area contributed by atoms with Gasteiger partial charge < -0.3 is 14.7 Å². The minimum absolute atomic E-state index is 0.0170. The van der Waals surface area contributed by atoms with Crippen LogP contribution in [0, 0.1) is 11.8 Å². The number of carbonyl (C=O) groups is 2. The van der Waals surface area contributed by atoms with Crippen LogP contribution in [0.15, 0.2) is 30.3 Å². The molecule has 5 nitrogen and oxygen atoms in total. The molecule has 1 fully saturated rings. The molecule has 1 heterocycles. The van der Waals surface area contributed by atoms with E-state index in [4.69, 9.17) is 9.84 Å². The Morgan fingerprint density at radius 1 is 1.38 bits per heavy atom. The van der Waals surface area contributed by atoms with E-state index in [0.29, 0.717) is 6.54 Å². The highest BCUT2D eigenvalue weighted by Gasteiger charge is 2.36. The summed E-state index contributed by atoms with van der Waals surface area (Å²) < 4.78 is 5.12. The Kier molecular flexibility index (Phi) is 4.62. The molecule has 0 bridgehead atoms. The van der Waals surface area contributed by atoms with E-state index in [9.17, 15) is 9.59 Å². The fraction of sp³-hybridized carbons (Fsp3) is 0.375. The molecule has 0 unspecified atom stereocenters. The highest BCUT2D eigenvalue weighted by molar-refractivity contribution is 5.92. The van der Waals surface area contributed by atoms with Gasteiger partial charge in [-0.1, -0.05) is 19.1 Å². The number of carbonyl (C=O) groups excluding carboxylic acids is 1. The second-order valence-corrected chi connectivity index (χ2v) is 5.28. The molecule has 0 spiro atoms. The number of rotatable bonds is 4. The lowest BCUT2D eigenvalue weighted by Crippen LogP contribution is -2.28. The van der Waals surface area contributed by atoms with Gasteiger partial charge in [0.1, 0.15) is 5.75 Å². The van der Waals surface area contributed by atoms with E-state index >= 15 is 0 Å². The summed E-state index contributed by atoms with van der Waals surface area (Å²) in [5.74, 6) is -0.760. The van der Waals surface area contributed by atoms with Gasteiger partial charge in [-0.3, -0.25) is 9.59 Å². The van der Waals surface area contributed by atoms with Crippen molar-refractivity contribution in [3.8, 4) is 5.75 Å². The van der Waals surface area contributed by atoms with Crippen molar-refractivity contribution in [3.05, 3.63) is 35.9 Å². The number of amides is 1. The summed E-state index contributed by atoms with van der Waals surface area (Å²) in [6.45, 7) is 2.62. The van der Waals surface area contributed by atoms with Gasteiger partial charge in [0, 0.05) is 19.2 Å². The maximum Gasteiger partial charge on any atom is 0.308 e. The Labute approximate surface area is 123 Å². The lowest BCUT2D eigenvalue weighted by Gasteiger charge is -2.12. The summed E-state index contributed by atoms with van der Waals surface area (Å²) >= 11 is 0. The van der Waals surface area contributed by atoms with Gasteiger partial charge in [0.15, 0.2) is 0 Å². The first kappa shape index (κ1) is 15.1. The zero-order valence-corrected chi connectivity index (χ0v) is 12.2. The Morgan fingerprint density at radius 2 is 2.14 bits per heavy atom. The van der Waals surface area contributed by atoms with Gasteiger partial charge in [0.05, 0.1) is 13.0 Å². The summed E-state index contributed by atoms with van der Waals surface area (Å²) in [7, 11) is 1.59. The van der Waals surface area contributed by atoms with E-state index in [0.717, 1.165) is 11.3 Å². The smallest absolute Gasteiger partial charge is 0.308 e. The largest absolute Gasteiger partial charge is 0.497 e. The normalized spacial score (nSPS) is 21.7. The van der Waals surface area contributed by atoms with E-state index in [-0.39, 0.29) is 18.4 Å². The van der Waals surface area contributed by atoms with Crippen LogP contribution in [0.4, 0.5) is 0 Å². The van der Waals surface area contributed by atoms with E-state index in [1.165, 1.54) is 6.08 Å². The van der Waals surface area contributed by atoms with Crippen LogP contribution in [0.3, 0.4) is 0 Å². The quantitative estimate of drug-likeness (QED) is 0.860. The van der Waals surface area contributed by atoms with Crippen molar-refractivity contribution in [2.45, 2.75) is 6.92 Å². The van der Waals surface area contributed by atoms with Gasteiger partial charge in [-0.05, 0) is 29.7 Å². The molecule has 0 saturated carbocycles. The number of aliphatic carboxylic acids is 1. The van der Waals surface area contributed by atoms with Crippen molar-refractivity contribution in [1.29, 1.82) is 0 Å². The van der Waals surface area contributed by atoms with Crippen molar-refractivity contribution in [2.75, 3.05) is 20.2 Å². The third-order valence-electron chi connectivity index (χ3n) is 3.75. The Hall–Kier alpha value is -2.30. The molecule has 2 atom stereocenters. The van der Waals surface area contributed by atoms with Crippen LogP contribution in [0.1, 0.15) is 12.5 Å². The molecule has 1 saturated heterocycles. The van der Waals surface area contributed by atoms with Crippen molar-refractivity contribution in [1.82, 2.24) is 4.90 Å². The number of carboxylic acids is 1. The van der Waals surface area contributed by atoms with Crippen LogP contribution in [-0.4, -0.2) is 42.1 Å². The molecule has 1 aliphatic rings. The van der Waals surface area contributed by atoms with Crippen LogP contribution < -0.4 is 4.74 Å². The zero-order valence-electron chi connectivity index (χ0n) is 12.2. The SMILES string of the molecule is COc1cccc(/C=C/C(=O)N2C[C@@H](C)[C@H](C(=O)O)C2)c1. The summed E-state index contributed by atoms with van der Waals surface area (Å²) in [6.07, 6.45) is 3.19. The topological polar surface area (TPSA) is 66.8 Å². The second-order valence-electron chi connectivity index (χ2n) is 5.28. The van der Waals surface area contributed by atoms with Gasteiger partial charge in [0.25, 0.3) is 0 Å². The average Bonchev–Trinajstić information content (AvgIpc) is 2.87. The Balaban J connectivity index is 2.01. The molecule has 0 radical (unpaired) electrons. The number of likely N-dealkylation sites (tertiary alicyclic amines) is 1. The predicted octanol–water partition coefficient (Wildman–Crippen LogP) is 1.89. The molecule has 2 rings (SSSR count). The van der Waals surface area contributed by atoms with E-state index in [1.54, 1.807) is 18.1 Å².